The Hall–Kier alpha value is -3.34. The average Bonchev–Trinajstić information content (AvgIpc) is 3.12. The molecule has 0 spiro atoms. The van der Waals surface area contributed by atoms with Gasteiger partial charge in [0.05, 0.1) is 21.5 Å². The van der Waals surface area contributed by atoms with Crippen LogP contribution in [0.15, 0.2) is 70.0 Å². The van der Waals surface area contributed by atoms with Gasteiger partial charge in [0.1, 0.15) is 24.7 Å². The summed E-state index contributed by atoms with van der Waals surface area (Å²) in [6.07, 6.45) is 1.52. The minimum absolute atomic E-state index is 0.158. The van der Waals surface area contributed by atoms with Crippen LogP contribution in [0.4, 0.5) is 14.9 Å². The molecule has 3 aromatic carbocycles. The standard InChI is InChI=1S/C26H19BrClFN2O5S/c1-35-19-8-6-18(7-9-19)30-23(32)13-31-25(33)22(37-26(31)34)12-16-10-20(27)24(21(28)11-16)36-14-15-2-4-17(29)5-3-15/h2-12H,13-14H2,1H3,(H,30,32)/b22-12+. The number of halogens is 3. The first-order valence-corrected chi connectivity index (χ1v) is 12.8. The zero-order valence-corrected chi connectivity index (χ0v) is 22.5. The maximum absolute atomic E-state index is 13.1. The lowest BCUT2D eigenvalue weighted by Gasteiger charge is -2.13. The van der Waals surface area contributed by atoms with E-state index in [1.165, 1.54) is 25.3 Å². The maximum atomic E-state index is 13.1. The fourth-order valence-corrected chi connectivity index (χ4v) is 5.17. The van der Waals surface area contributed by atoms with E-state index in [1.54, 1.807) is 48.5 Å². The summed E-state index contributed by atoms with van der Waals surface area (Å²) in [7, 11) is 1.53. The van der Waals surface area contributed by atoms with Crippen molar-refractivity contribution < 1.29 is 28.2 Å². The second-order valence-corrected chi connectivity index (χ2v) is 10.0. The largest absolute Gasteiger partial charge is 0.497 e. The Bertz CT molecular complexity index is 1360. The molecule has 1 N–H and O–H groups in total. The van der Waals surface area contributed by atoms with E-state index in [4.69, 9.17) is 21.1 Å². The number of imide groups is 1. The minimum Gasteiger partial charge on any atom is -0.497 e. The summed E-state index contributed by atoms with van der Waals surface area (Å²) in [5.74, 6) is -0.416. The van der Waals surface area contributed by atoms with Gasteiger partial charge in [-0.2, -0.15) is 0 Å². The van der Waals surface area contributed by atoms with E-state index in [9.17, 15) is 18.8 Å². The van der Waals surface area contributed by atoms with Crippen molar-refractivity contribution in [2.75, 3.05) is 19.0 Å². The Morgan fingerprint density at radius 1 is 1.14 bits per heavy atom. The lowest BCUT2D eigenvalue weighted by Crippen LogP contribution is -2.36. The minimum atomic E-state index is -0.580. The van der Waals surface area contributed by atoms with Crippen LogP contribution in [0.25, 0.3) is 6.08 Å². The van der Waals surface area contributed by atoms with Crippen LogP contribution in [0.3, 0.4) is 0 Å². The van der Waals surface area contributed by atoms with Gasteiger partial charge in [0, 0.05) is 5.69 Å². The van der Waals surface area contributed by atoms with Gasteiger partial charge in [-0.3, -0.25) is 19.3 Å². The van der Waals surface area contributed by atoms with Crippen LogP contribution in [0.2, 0.25) is 5.02 Å². The number of benzene rings is 3. The molecule has 190 valence electrons. The maximum Gasteiger partial charge on any atom is 0.294 e. The third-order valence-electron chi connectivity index (χ3n) is 5.16. The highest BCUT2D eigenvalue weighted by Gasteiger charge is 2.36. The van der Waals surface area contributed by atoms with E-state index in [0.717, 1.165) is 22.2 Å². The molecule has 4 rings (SSSR count). The van der Waals surface area contributed by atoms with Crippen LogP contribution in [-0.2, 0) is 16.2 Å². The Labute approximate surface area is 229 Å². The molecule has 3 aromatic rings. The molecular weight excluding hydrogens is 587 g/mol. The number of nitrogens with zero attached hydrogens (tertiary/aromatic N) is 1. The van der Waals surface area contributed by atoms with Gasteiger partial charge in [0.15, 0.2) is 5.75 Å². The molecule has 0 bridgehead atoms. The SMILES string of the molecule is COc1ccc(NC(=O)CN2C(=O)S/C(=C/c3cc(Cl)c(OCc4ccc(F)cc4)c(Br)c3)C2=O)cc1. The number of nitrogens with one attached hydrogen (secondary N) is 1. The average molecular weight is 606 g/mol. The predicted octanol–water partition coefficient (Wildman–Crippen LogP) is 6.50. The van der Waals surface area contributed by atoms with Crippen LogP contribution in [0, 0.1) is 5.82 Å². The summed E-state index contributed by atoms with van der Waals surface area (Å²) < 4.78 is 24.5. The summed E-state index contributed by atoms with van der Waals surface area (Å²) in [6, 6.07) is 15.9. The molecule has 1 heterocycles. The van der Waals surface area contributed by atoms with Gasteiger partial charge >= 0.3 is 0 Å². The zero-order chi connectivity index (χ0) is 26.5. The molecule has 0 unspecified atom stereocenters. The first kappa shape index (κ1) is 26.7. The second-order valence-electron chi connectivity index (χ2n) is 7.77. The lowest BCUT2D eigenvalue weighted by molar-refractivity contribution is -0.127. The van der Waals surface area contributed by atoms with Crippen molar-refractivity contribution in [1.82, 2.24) is 4.90 Å². The molecule has 37 heavy (non-hydrogen) atoms. The van der Waals surface area contributed by atoms with Gasteiger partial charge in [-0.05, 0) is 93.4 Å². The molecule has 0 aliphatic carbocycles. The summed E-state index contributed by atoms with van der Waals surface area (Å²) in [5, 5.41) is 2.38. The number of amides is 3. The van der Waals surface area contributed by atoms with E-state index in [0.29, 0.717) is 27.2 Å². The summed E-state index contributed by atoms with van der Waals surface area (Å²) in [4.78, 5) is 38.7. The fourth-order valence-electron chi connectivity index (χ4n) is 3.34. The van der Waals surface area contributed by atoms with Crippen molar-refractivity contribution in [1.29, 1.82) is 0 Å². The van der Waals surface area contributed by atoms with Gasteiger partial charge in [-0.1, -0.05) is 23.7 Å². The Morgan fingerprint density at radius 2 is 1.84 bits per heavy atom. The smallest absolute Gasteiger partial charge is 0.294 e. The fraction of sp³-hybridized carbons (Fsp3) is 0.115. The van der Waals surface area contributed by atoms with Crippen molar-refractivity contribution >= 4 is 68.1 Å². The van der Waals surface area contributed by atoms with Crippen molar-refractivity contribution in [3.05, 3.63) is 92.0 Å². The van der Waals surface area contributed by atoms with Crippen LogP contribution >= 0.6 is 39.3 Å². The first-order valence-electron chi connectivity index (χ1n) is 10.8. The molecule has 3 amide bonds. The van der Waals surface area contributed by atoms with Crippen molar-refractivity contribution in [3.63, 3.8) is 0 Å². The molecule has 7 nitrogen and oxygen atoms in total. The number of carbonyl (C=O) groups is 3. The summed E-state index contributed by atoms with van der Waals surface area (Å²) in [6.45, 7) is -0.246. The summed E-state index contributed by atoms with van der Waals surface area (Å²) >= 11 is 10.5. The number of methoxy groups -OCH3 is 1. The number of carbonyl (C=O) groups excluding carboxylic acids is 3. The molecule has 0 saturated carbocycles. The van der Waals surface area contributed by atoms with E-state index in [1.807, 2.05) is 0 Å². The highest BCUT2D eigenvalue weighted by atomic mass is 79.9. The second kappa shape index (κ2) is 11.8. The molecule has 0 atom stereocenters. The summed E-state index contributed by atoms with van der Waals surface area (Å²) in [5.41, 5.74) is 1.83. The van der Waals surface area contributed by atoms with Gasteiger partial charge in [0.25, 0.3) is 11.1 Å². The quantitative estimate of drug-likeness (QED) is 0.295. The molecule has 1 aliphatic heterocycles. The van der Waals surface area contributed by atoms with Gasteiger partial charge in [0.2, 0.25) is 5.91 Å². The molecular formula is C26H19BrClFN2O5S. The number of anilines is 1. The normalized spacial score (nSPS) is 14.3. The number of ether oxygens (including phenoxy) is 2. The third kappa shape index (κ3) is 6.71. The topological polar surface area (TPSA) is 84.9 Å². The van der Waals surface area contributed by atoms with Gasteiger partial charge in [-0.15, -0.1) is 0 Å². The Kier molecular flexibility index (Phi) is 8.52. The molecule has 0 radical (unpaired) electrons. The molecule has 1 fully saturated rings. The Morgan fingerprint density at radius 3 is 2.49 bits per heavy atom. The van der Waals surface area contributed by atoms with Crippen LogP contribution in [0.5, 0.6) is 11.5 Å². The van der Waals surface area contributed by atoms with E-state index >= 15 is 0 Å². The van der Waals surface area contributed by atoms with Crippen LogP contribution < -0.4 is 14.8 Å². The van der Waals surface area contributed by atoms with E-state index < -0.39 is 23.6 Å². The van der Waals surface area contributed by atoms with Crippen molar-refractivity contribution in [2.45, 2.75) is 6.61 Å². The highest BCUT2D eigenvalue weighted by molar-refractivity contribution is 9.10. The molecule has 11 heteroatoms. The third-order valence-corrected chi connectivity index (χ3v) is 6.94. The predicted molar refractivity (Wildman–Crippen MR) is 144 cm³/mol. The van der Waals surface area contributed by atoms with Gasteiger partial charge in [-0.25, -0.2) is 4.39 Å². The van der Waals surface area contributed by atoms with Crippen LogP contribution in [0.1, 0.15) is 11.1 Å². The molecule has 0 aromatic heterocycles. The number of hydrogen-bond donors (Lipinski definition) is 1. The van der Waals surface area contributed by atoms with E-state index in [-0.39, 0.29) is 22.4 Å². The van der Waals surface area contributed by atoms with Gasteiger partial charge < -0.3 is 14.8 Å². The molecule has 1 saturated heterocycles. The number of hydrogen-bond acceptors (Lipinski definition) is 6. The van der Waals surface area contributed by atoms with Crippen molar-refractivity contribution in [2.24, 2.45) is 0 Å². The van der Waals surface area contributed by atoms with Crippen molar-refractivity contribution in [3.8, 4) is 11.5 Å². The number of rotatable bonds is 8. The monoisotopic (exact) mass is 604 g/mol. The first-order chi connectivity index (χ1) is 17.7. The van der Waals surface area contributed by atoms with Crippen LogP contribution in [-0.4, -0.2) is 35.6 Å². The zero-order valence-electron chi connectivity index (χ0n) is 19.3. The highest BCUT2D eigenvalue weighted by Crippen LogP contribution is 2.38. The lowest BCUT2D eigenvalue weighted by atomic mass is 10.2. The number of thioether (sulfide) groups is 1. The van der Waals surface area contributed by atoms with E-state index in [2.05, 4.69) is 21.2 Å². The molecule has 1 aliphatic rings. The Balaban J connectivity index is 1.41.